The molecular formula is C12H12N4O2. The Morgan fingerprint density at radius 3 is 2.78 bits per heavy atom. The first-order valence-corrected chi connectivity index (χ1v) is 5.18. The van der Waals surface area contributed by atoms with Crippen molar-refractivity contribution in [2.75, 3.05) is 12.8 Å². The molecule has 2 aromatic rings. The third-order valence-corrected chi connectivity index (χ3v) is 2.47. The normalized spacial score (nSPS) is 10.1. The van der Waals surface area contributed by atoms with Crippen molar-refractivity contribution in [3.8, 4) is 17.0 Å². The molecule has 0 unspecified atom stereocenters. The van der Waals surface area contributed by atoms with Gasteiger partial charge in [0.05, 0.1) is 12.8 Å². The molecule has 1 aromatic carbocycles. The van der Waals surface area contributed by atoms with Gasteiger partial charge in [0.1, 0.15) is 23.5 Å². The summed E-state index contributed by atoms with van der Waals surface area (Å²) in [7, 11) is 1.56. The summed E-state index contributed by atoms with van der Waals surface area (Å²) in [5, 5.41) is 0. The molecule has 0 aliphatic rings. The summed E-state index contributed by atoms with van der Waals surface area (Å²) in [6.45, 7) is 0. The number of hydrogen-bond donors (Lipinski definition) is 2. The van der Waals surface area contributed by atoms with Gasteiger partial charge in [0.2, 0.25) is 0 Å². The van der Waals surface area contributed by atoms with Crippen LogP contribution in [0.3, 0.4) is 0 Å². The van der Waals surface area contributed by atoms with Gasteiger partial charge in [-0.3, -0.25) is 4.79 Å². The molecule has 4 N–H and O–H groups in total. The number of ether oxygens (including phenoxy) is 1. The lowest BCUT2D eigenvalue weighted by Gasteiger charge is -2.08. The summed E-state index contributed by atoms with van der Waals surface area (Å²) >= 11 is 0. The molecule has 0 fully saturated rings. The number of amides is 1. The molecule has 0 saturated heterocycles. The number of carbonyl (C=O) groups excluding carboxylic acids is 1. The summed E-state index contributed by atoms with van der Waals surface area (Å²) in [5.74, 6) is 0.0568. The van der Waals surface area contributed by atoms with E-state index in [0.717, 1.165) is 0 Å². The van der Waals surface area contributed by atoms with E-state index in [2.05, 4.69) is 9.97 Å². The van der Waals surface area contributed by atoms with E-state index in [1.54, 1.807) is 31.4 Å². The zero-order chi connectivity index (χ0) is 13.1. The summed E-state index contributed by atoms with van der Waals surface area (Å²) < 4.78 is 5.12. The third-order valence-electron chi connectivity index (χ3n) is 2.47. The lowest BCUT2D eigenvalue weighted by Crippen LogP contribution is -2.16. The molecule has 92 valence electrons. The highest BCUT2D eigenvalue weighted by atomic mass is 16.5. The number of hydrogen-bond acceptors (Lipinski definition) is 5. The minimum absolute atomic E-state index is 0.0651. The van der Waals surface area contributed by atoms with E-state index >= 15 is 0 Å². The maximum atomic E-state index is 11.4. The van der Waals surface area contributed by atoms with Crippen LogP contribution in [0.2, 0.25) is 0 Å². The fourth-order valence-electron chi connectivity index (χ4n) is 1.63. The Labute approximate surface area is 104 Å². The van der Waals surface area contributed by atoms with Crippen molar-refractivity contribution in [1.82, 2.24) is 9.97 Å². The Kier molecular flexibility index (Phi) is 3.09. The third kappa shape index (κ3) is 2.08. The second-order valence-corrected chi connectivity index (χ2v) is 3.58. The van der Waals surface area contributed by atoms with Crippen LogP contribution in [-0.2, 0) is 0 Å². The molecule has 0 spiro atoms. The molecule has 0 radical (unpaired) electrons. The van der Waals surface area contributed by atoms with Gasteiger partial charge in [-0.05, 0) is 12.1 Å². The van der Waals surface area contributed by atoms with Gasteiger partial charge in [0.15, 0.2) is 0 Å². The quantitative estimate of drug-likeness (QED) is 0.832. The average molecular weight is 244 g/mol. The van der Waals surface area contributed by atoms with Crippen LogP contribution in [0.25, 0.3) is 11.3 Å². The Morgan fingerprint density at radius 1 is 1.33 bits per heavy atom. The fraction of sp³-hybridized carbons (Fsp3) is 0.0833. The van der Waals surface area contributed by atoms with Crippen molar-refractivity contribution >= 4 is 11.7 Å². The SMILES string of the molecule is COc1cccc(-c2ncnc(N)c2C(N)=O)c1. The number of benzene rings is 1. The Balaban J connectivity index is 2.63. The molecule has 0 aliphatic carbocycles. The zero-order valence-electron chi connectivity index (χ0n) is 9.75. The minimum atomic E-state index is -0.661. The summed E-state index contributed by atoms with van der Waals surface area (Å²) in [4.78, 5) is 19.2. The van der Waals surface area contributed by atoms with Crippen LogP contribution < -0.4 is 16.2 Å². The van der Waals surface area contributed by atoms with E-state index in [9.17, 15) is 4.79 Å². The summed E-state index contributed by atoms with van der Waals surface area (Å²) in [6.07, 6.45) is 1.29. The van der Waals surface area contributed by atoms with Crippen molar-refractivity contribution in [3.63, 3.8) is 0 Å². The highest BCUT2D eigenvalue weighted by molar-refractivity contribution is 6.02. The molecule has 2 rings (SSSR count). The maximum absolute atomic E-state index is 11.4. The predicted molar refractivity (Wildman–Crippen MR) is 67.0 cm³/mol. The first-order valence-electron chi connectivity index (χ1n) is 5.18. The molecular weight excluding hydrogens is 232 g/mol. The lowest BCUT2D eigenvalue weighted by atomic mass is 10.1. The van der Waals surface area contributed by atoms with E-state index in [0.29, 0.717) is 17.0 Å². The summed E-state index contributed by atoms with van der Waals surface area (Å²) in [5.41, 5.74) is 12.1. The molecule has 1 heterocycles. The number of nitrogens with zero attached hydrogens (tertiary/aromatic N) is 2. The van der Waals surface area contributed by atoms with Crippen LogP contribution in [0.5, 0.6) is 5.75 Å². The Morgan fingerprint density at radius 2 is 2.11 bits per heavy atom. The number of rotatable bonds is 3. The molecule has 0 saturated carbocycles. The second kappa shape index (κ2) is 4.70. The van der Waals surface area contributed by atoms with Crippen LogP contribution in [0.15, 0.2) is 30.6 Å². The molecule has 0 bridgehead atoms. The second-order valence-electron chi connectivity index (χ2n) is 3.58. The van der Waals surface area contributed by atoms with Gasteiger partial charge in [-0.25, -0.2) is 9.97 Å². The molecule has 1 amide bonds. The van der Waals surface area contributed by atoms with E-state index < -0.39 is 5.91 Å². The monoisotopic (exact) mass is 244 g/mol. The number of aromatic nitrogens is 2. The molecule has 1 aromatic heterocycles. The molecule has 0 atom stereocenters. The number of nitrogen functional groups attached to an aromatic ring is 1. The topological polar surface area (TPSA) is 104 Å². The smallest absolute Gasteiger partial charge is 0.254 e. The van der Waals surface area contributed by atoms with Crippen molar-refractivity contribution in [2.24, 2.45) is 5.73 Å². The summed E-state index contributed by atoms with van der Waals surface area (Å²) in [6, 6.07) is 7.11. The van der Waals surface area contributed by atoms with Gasteiger partial charge in [-0.1, -0.05) is 12.1 Å². The average Bonchev–Trinajstić information content (AvgIpc) is 2.38. The van der Waals surface area contributed by atoms with Gasteiger partial charge < -0.3 is 16.2 Å². The van der Waals surface area contributed by atoms with E-state index in [1.165, 1.54) is 6.33 Å². The van der Waals surface area contributed by atoms with Crippen LogP contribution >= 0.6 is 0 Å². The van der Waals surface area contributed by atoms with E-state index in [-0.39, 0.29) is 11.4 Å². The van der Waals surface area contributed by atoms with Crippen LogP contribution in [-0.4, -0.2) is 23.0 Å². The van der Waals surface area contributed by atoms with E-state index in [4.69, 9.17) is 16.2 Å². The number of primary amides is 1. The van der Waals surface area contributed by atoms with Gasteiger partial charge >= 0.3 is 0 Å². The van der Waals surface area contributed by atoms with Crippen molar-refractivity contribution < 1.29 is 9.53 Å². The first-order chi connectivity index (χ1) is 8.63. The lowest BCUT2D eigenvalue weighted by molar-refractivity contribution is 0.100. The van der Waals surface area contributed by atoms with Crippen molar-refractivity contribution in [2.45, 2.75) is 0 Å². The minimum Gasteiger partial charge on any atom is -0.497 e. The van der Waals surface area contributed by atoms with Gasteiger partial charge in [-0.15, -0.1) is 0 Å². The van der Waals surface area contributed by atoms with Crippen LogP contribution in [0.1, 0.15) is 10.4 Å². The van der Waals surface area contributed by atoms with Gasteiger partial charge in [-0.2, -0.15) is 0 Å². The molecule has 6 heteroatoms. The van der Waals surface area contributed by atoms with Crippen LogP contribution in [0.4, 0.5) is 5.82 Å². The zero-order valence-corrected chi connectivity index (χ0v) is 9.75. The predicted octanol–water partition coefficient (Wildman–Crippen LogP) is 0.833. The number of carbonyl (C=O) groups is 1. The van der Waals surface area contributed by atoms with Gasteiger partial charge in [0, 0.05) is 5.56 Å². The standard InChI is InChI=1S/C12H12N4O2/c1-18-8-4-2-3-7(5-8)10-9(12(14)17)11(13)16-6-15-10/h2-6H,1H3,(H2,14,17)(H2,13,15,16). The molecule has 0 aliphatic heterocycles. The number of anilines is 1. The largest absolute Gasteiger partial charge is 0.497 e. The maximum Gasteiger partial charge on any atom is 0.254 e. The first kappa shape index (κ1) is 11.8. The highest BCUT2D eigenvalue weighted by Crippen LogP contribution is 2.26. The van der Waals surface area contributed by atoms with Crippen molar-refractivity contribution in [3.05, 3.63) is 36.2 Å². The van der Waals surface area contributed by atoms with Crippen LogP contribution in [0, 0.1) is 0 Å². The highest BCUT2D eigenvalue weighted by Gasteiger charge is 2.16. The molecule has 6 nitrogen and oxygen atoms in total. The van der Waals surface area contributed by atoms with E-state index in [1.807, 2.05) is 0 Å². The number of nitrogens with two attached hydrogens (primary N) is 2. The fourth-order valence-corrected chi connectivity index (χ4v) is 1.63. The Bertz CT molecular complexity index is 598. The van der Waals surface area contributed by atoms with Gasteiger partial charge in [0.25, 0.3) is 5.91 Å². The van der Waals surface area contributed by atoms with Crippen molar-refractivity contribution in [1.29, 1.82) is 0 Å². The molecule has 18 heavy (non-hydrogen) atoms. The number of methoxy groups -OCH3 is 1. The Hall–Kier alpha value is -2.63.